The molecule has 1 amide bonds. The summed E-state index contributed by atoms with van der Waals surface area (Å²) in [6.45, 7) is 2.24. The third kappa shape index (κ3) is 3.57. The van der Waals surface area contributed by atoms with E-state index in [-0.39, 0.29) is 12.0 Å². The van der Waals surface area contributed by atoms with Crippen LogP contribution in [0.4, 0.5) is 0 Å². The molecule has 2 saturated carbocycles. The summed E-state index contributed by atoms with van der Waals surface area (Å²) in [5.41, 5.74) is 0. The lowest BCUT2D eigenvalue weighted by molar-refractivity contribution is -0.142. The van der Waals surface area contributed by atoms with Gasteiger partial charge in [-0.05, 0) is 38.5 Å². The molecule has 126 valence electrons. The number of carbonyl (C=O) groups is 1. The maximum Gasteiger partial charge on any atom is 0.229 e. The van der Waals surface area contributed by atoms with Crippen molar-refractivity contribution in [3.8, 4) is 0 Å². The van der Waals surface area contributed by atoms with Crippen molar-refractivity contribution >= 4 is 5.91 Å². The summed E-state index contributed by atoms with van der Waals surface area (Å²) >= 11 is 0. The van der Waals surface area contributed by atoms with Crippen molar-refractivity contribution in [2.45, 2.75) is 63.4 Å². The van der Waals surface area contributed by atoms with Crippen LogP contribution in [0.25, 0.3) is 0 Å². The highest BCUT2D eigenvalue weighted by Gasteiger charge is 2.32. The van der Waals surface area contributed by atoms with Crippen molar-refractivity contribution in [3.05, 3.63) is 11.7 Å². The van der Waals surface area contributed by atoms with Gasteiger partial charge in [0.15, 0.2) is 5.82 Å². The lowest BCUT2D eigenvalue weighted by atomic mass is 9.84. The molecular formula is C17H25N3O3. The van der Waals surface area contributed by atoms with E-state index < -0.39 is 0 Å². The van der Waals surface area contributed by atoms with Crippen molar-refractivity contribution in [2.75, 3.05) is 19.7 Å². The normalized spacial score (nSPS) is 25.4. The molecule has 1 aromatic rings. The van der Waals surface area contributed by atoms with Crippen LogP contribution in [-0.2, 0) is 16.0 Å². The van der Waals surface area contributed by atoms with Gasteiger partial charge in [0.1, 0.15) is 0 Å². The lowest BCUT2D eigenvalue weighted by Crippen LogP contribution is -2.47. The highest BCUT2D eigenvalue weighted by molar-refractivity contribution is 5.79. The first kappa shape index (κ1) is 15.1. The van der Waals surface area contributed by atoms with E-state index in [0.717, 1.165) is 50.5 Å². The maximum atomic E-state index is 12.3. The lowest BCUT2D eigenvalue weighted by Gasteiger charge is -2.37. The Morgan fingerprint density at radius 3 is 2.83 bits per heavy atom. The van der Waals surface area contributed by atoms with Crippen molar-refractivity contribution in [2.24, 2.45) is 5.92 Å². The number of rotatable bonds is 6. The minimum absolute atomic E-state index is 0.155. The van der Waals surface area contributed by atoms with Crippen LogP contribution < -0.4 is 0 Å². The van der Waals surface area contributed by atoms with Crippen LogP contribution in [0.2, 0.25) is 0 Å². The van der Waals surface area contributed by atoms with Gasteiger partial charge in [0, 0.05) is 31.3 Å². The first-order valence-corrected chi connectivity index (χ1v) is 9.02. The molecule has 1 unspecified atom stereocenters. The van der Waals surface area contributed by atoms with Crippen molar-refractivity contribution < 1.29 is 14.1 Å². The summed E-state index contributed by atoms with van der Waals surface area (Å²) < 4.78 is 11.2. The van der Waals surface area contributed by atoms with Crippen LogP contribution in [-0.4, -0.2) is 46.7 Å². The number of carbonyl (C=O) groups excluding carboxylic acids is 1. The second-order valence-electron chi connectivity index (χ2n) is 7.12. The Bertz CT molecular complexity index is 551. The number of ether oxygens (including phenoxy) is 1. The number of likely N-dealkylation sites (tertiary alicyclic amines) is 1. The van der Waals surface area contributed by atoms with Crippen LogP contribution in [0.3, 0.4) is 0 Å². The predicted molar refractivity (Wildman–Crippen MR) is 82.9 cm³/mol. The Kier molecular flexibility index (Phi) is 4.33. The quantitative estimate of drug-likeness (QED) is 0.805. The van der Waals surface area contributed by atoms with E-state index in [0.29, 0.717) is 24.9 Å². The van der Waals surface area contributed by atoms with Gasteiger partial charge in [0.05, 0.1) is 12.7 Å². The monoisotopic (exact) mass is 319 g/mol. The summed E-state index contributed by atoms with van der Waals surface area (Å²) in [7, 11) is 0. The highest BCUT2D eigenvalue weighted by Crippen LogP contribution is 2.38. The zero-order valence-corrected chi connectivity index (χ0v) is 13.6. The number of aromatic nitrogens is 2. The molecule has 1 aromatic heterocycles. The van der Waals surface area contributed by atoms with Crippen molar-refractivity contribution in [3.63, 3.8) is 0 Å². The summed E-state index contributed by atoms with van der Waals surface area (Å²) in [5.74, 6) is 2.66. The van der Waals surface area contributed by atoms with E-state index in [2.05, 4.69) is 10.1 Å². The summed E-state index contributed by atoms with van der Waals surface area (Å²) in [6, 6.07) is 0. The number of nitrogens with zero attached hydrogens (tertiary/aromatic N) is 3. The number of hydrogen-bond donors (Lipinski definition) is 0. The van der Waals surface area contributed by atoms with Gasteiger partial charge in [-0.15, -0.1) is 0 Å². The van der Waals surface area contributed by atoms with E-state index >= 15 is 0 Å². The molecule has 2 heterocycles. The second-order valence-corrected chi connectivity index (χ2v) is 7.12. The Morgan fingerprint density at radius 2 is 2.09 bits per heavy atom. The average Bonchev–Trinajstić information content (AvgIpc) is 3.26. The number of amides is 1. The van der Waals surface area contributed by atoms with Gasteiger partial charge in [-0.1, -0.05) is 11.6 Å². The predicted octanol–water partition coefficient (Wildman–Crippen LogP) is 2.30. The van der Waals surface area contributed by atoms with E-state index in [1.807, 2.05) is 4.90 Å². The average molecular weight is 319 g/mol. The van der Waals surface area contributed by atoms with Gasteiger partial charge < -0.3 is 14.2 Å². The van der Waals surface area contributed by atoms with Gasteiger partial charge in [-0.3, -0.25) is 4.79 Å². The zero-order chi connectivity index (χ0) is 15.6. The molecule has 3 aliphatic rings. The molecule has 1 aliphatic heterocycles. The molecule has 23 heavy (non-hydrogen) atoms. The van der Waals surface area contributed by atoms with Crippen molar-refractivity contribution in [1.29, 1.82) is 0 Å². The van der Waals surface area contributed by atoms with E-state index in [9.17, 15) is 4.79 Å². The largest absolute Gasteiger partial charge is 0.376 e. The Labute approximate surface area is 136 Å². The van der Waals surface area contributed by atoms with Crippen LogP contribution in [0.5, 0.6) is 0 Å². The standard InChI is InChI=1S/C17H25N3O3/c21-17(13-3-1-4-13)20-9-2-5-14(11-20)22-10-8-15-18-16(23-19-15)12-6-7-12/h12-14H,1-11H2. The molecule has 0 radical (unpaired) electrons. The highest BCUT2D eigenvalue weighted by atomic mass is 16.5. The molecule has 0 aromatic carbocycles. The molecule has 6 heteroatoms. The molecule has 3 fully saturated rings. The minimum Gasteiger partial charge on any atom is -0.376 e. The maximum absolute atomic E-state index is 12.3. The van der Waals surface area contributed by atoms with Gasteiger partial charge in [-0.25, -0.2) is 0 Å². The molecule has 4 rings (SSSR count). The molecule has 6 nitrogen and oxygen atoms in total. The fourth-order valence-electron chi connectivity index (χ4n) is 3.37. The molecule has 2 aliphatic carbocycles. The van der Waals surface area contributed by atoms with E-state index in [1.165, 1.54) is 19.3 Å². The van der Waals surface area contributed by atoms with Crippen LogP contribution in [0, 0.1) is 5.92 Å². The van der Waals surface area contributed by atoms with Gasteiger partial charge in [0.2, 0.25) is 11.8 Å². The smallest absolute Gasteiger partial charge is 0.229 e. The SMILES string of the molecule is O=C(C1CCC1)N1CCCC(OCCc2noc(C3CC3)n2)C1. The molecule has 0 bridgehead atoms. The number of hydrogen-bond acceptors (Lipinski definition) is 5. The fraction of sp³-hybridized carbons (Fsp3) is 0.824. The zero-order valence-electron chi connectivity index (χ0n) is 13.6. The molecule has 0 spiro atoms. The third-order valence-corrected chi connectivity index (χ3v) is 5.23. The van der Waals surface area contributed by atoms with Crippen LogP contribution in [0.1, 0.15) is 62.6 Å². The summed E-state index contributed by atoms with van der Waals surface area (Å²) in [6.07, 6.45) is 8.61. The third-order valence-electron chi connectivity index (χ3n) is 5.23. The van der Waals surface area contributed by atoms with Gasteiger partial charge in [0.25, 0.3) is 0 Å². The van der Waals surface area contributed by atoms with Gasteiger partial charge >= 0.3 is 0 Å². The minimum atomic E-state index is 0.155. The van der Waals surface area contributed by atoms with E-state index in [4.69, 9.17) is 9.26 Å². The Hall–Kier alpha value is -1.43. The molecule has 0 N–H and O–H groups in total. The topological polar surface area (TPSA) is 68.5 Å². The first-order valence-electron chi connectivity index (χ1n) is 9.02. The van der Waals surface area contributed by atoms with Gasteiger partial charge in [-0.2, -0.15) is 4.98 Å². The summed E-state index contributed by atoms with van der Waals surface area (Å²) in [5, 5.41) is 4.01. The second kappa shape index (κ2) is 6.59. The first-order chi connectivity index (χ1) is 11.3. The van der Waals surface area contributed by atoms with Crippen LogP contribution in [0.15, 0.2) is 4.52 Å². The van der Waals surface area contributed by atoms with Crippen molar-refractivity contribution in [1.82, 2.24) is 15.0 Å². The Morgan fingerprint density at radius 1 is 1.22 bits per heavy atom. The molecule has 1 saturated heterocycles. The number of piperidine rings is 1. The fourth-order valence-corrected chi connectivity index (χ4v) is 3.37. The molecular weight excluding hydrogens is 294 g/mol. The Balaban J connectivity index is 1.21. The van der Waals surface area contributed by atoms with E-state index in [1.54, 1.807) is 0 Å². The molecule has 1 atom stereocenters. The van der Waals surface area contributed by atoms with Crippen LogP contribution >= 0.6 is 0 Å². The summed E-state index contributed by atoms with van der Waals surface area (Å²) in [4.78, 5) is 18.8.